The van der Waals surface area contributed by atoms with Gasteiger partial charge in [0.25, 0.3) is 0 Å². The molecule has 0 amide bonds. The Bertz CT molecular complexity index is 566. The summed E-state index contributed by atoms with van der Waals surface area (Å²) in [6, 6.07) is 0.411. The second-order valence-corrected chi connectivity index (χ2v) is 11.5. The van der Waals surface area contributed by atoms with Crippen LogP contribution < -0.4 is 10.6 Å². The summed E-state index contributed by atoms with van der Waals surface area (Å²) in [7, 11) is 0. The predicted molar refractivity (Wildman–Crippen MR) is 146 cm³/mol. The number of nitrogens with zero attached hydrogens (tertiary/aromatic N) is 2. The lowest BCUT2D eigenvalue weighted by Crippen LogP contribution is -2.43. The van der Waals surface area contributed by atoms with Gasteiger partial charge in [-0.1, -0.05) is 67.0 Å². The van der Waals surface area contributed by atoms with Crippen molar-refractivity contribution in [3.8, 4) is 0 Å². The van der Waals surface area contributed by atoms with Crippen LogP contribution in [0.15, 0.2) is 17.1 Å². The lowest BCUT2D eigenvalue weighted by Gasteiger charge is -2.26. The number of rotatable bonds is 16. The van der Waals surface area contributed by atoms with Gasteiger partial charge in [-0.15, -0.1) is 0 Å². The van der Waals surface area contributed by atoms with Crippen LogP contribution in [0.3, 0.4) is 0 Å². The first kappa shape index (κ1) is 28.4. The van der Waals surface area contributed by atoms with E-state index in [9.17, 15) is 0 Å². The molecule has 0 aromatic rings. The zero-order valence-corrected chi connectivity index (χ0v) is 23.0. The third-order valence-corrected chi connectivity index (χ3v) is 8.55. The van der Waals surface area contributed by atoms with Crippen LogP contribution in [-0.2, 0) is 0 Å². The summed E-state index contributed by atoms with van der Waals surface area (Å²) in [6.45, 7) is 23.0. The SMILES string of the molecule is CC[C@@H](C)CNCC(CCC1CC1[C@H](C)[C@H](/C=C\[C@@H](C)C(C)C)CC)N=CN1CCNCC1. The standard InChI is InChI=1S/C29H56N4/c1-8-23(5)19-31-20-28(32-21-33-16-14-30-15-17-33)13-12-27-18-29(27)25(7)26(9-2)11-10-24(6)22(3)4/h10-11,21-31H,8-9,12-20H2,1-7H3/b11-10-,32-21?/t23-,24-,25-,26+,27?,28?,29?/m1/s1. The maximum Gasteiger partial charge on any atom is 0.0854 e. The third-order valence-electron chi connectivity index (χ3n) is 8.55. The van der Waals surface area contributed by atoms with E-state index in [1.165, 1.54) is 32.1 Å². The van der Waals surface area contributed by atoms with E-state index in [2.05, 4.69) is 82.5 Å². The molecule has 0 aromatic carbocycles. The highest BCUT2D eigenvalue weighted by Gasteiger charge is 2.42. The first-order valence-corrected chi connectivity index (χ1v) is 14.2. The number of hydrogen-bond donors (Lipinski definition) is 2. The topological polar surface area (TPSA) is 39.7 Å². The van der Waals surface area contributed by atoms with Crippen molar-refractivity contribution in [1.29, 1.82) is 0 Å². The van der Waals surface area contributed by atoms with Gasteiger partial charge in [0.1, 0.15) is 0 Å². The molecule has 1 aliphatic heterocycles. The number of nitrogens with one attached hydrogen (secondary N) is 2. The van der Waals surface area contributed by atoms with E-state index in [0.29, 0.717) is 12.0 Å². The van der Waals surface area contributed by atoms with Crippen LogP contribution in [0.25, 0.3) is 0 Å². The third kappa shape index (κ3) is 10.5. The van der Waals surface area contributed by atoms with Gasteiger partial charge in [-0.05, 0) is 73.7 Å². The molecule has 4 nitrogen and oxygen atoms in total. The molecule has 0 aromatic heterocycles. The van der Waals surface area contributed by atoms with Gasteiger partial charge >= 0.3 is 0 Å². The molecule has 33 heavy (non-hydrogen) atoms. The zero-order valence-electron chi connectivity index (χ0n) is 23.0. The Morgan fingerprint density at radius 2 is 1.73 bits per heavy atom. The normalized spacial score (nSPS) is 26.1. The van der Waals surface area contributed by atoms with Crippen LogP contribution in [0.4, 0.5) is 0 Å². The fourth-order valence-electron chi connectivity index (χ4n) is 5.05. The Morgan fingerprint density at radius 3 is 2.36 bits per heavy atom. The molecule has 1 heterocycles. The number of allylic oxidation sites excluding steroid dienone is 2. The number of hydrogen-bond acceptors (Lipinski definition) is 3. The molecule has 2 rings (SSSR count). The van der Waals surface area contributed by atoms with Crippen LogP contribution in [0.5, 0.6) is 0 Å². The summed E-state index contributed by atoms with van der Waals surface area (Å²) in [6.07, 6.45) is 13.7. The second-order valence-electron chi connectivity index (χ2n) is 11.5. The highest BCUT2D eigenvalue weighted by atomic mass is 15.2. The van der Waals surface area contributed by atoms with E-state index >= 15 is 0 Å². The van der Waals surface area contributed by atoms with Crippen LogP contribution >= 0.6 is 0 Å². The van der Waals surface area contributed by atoms with Crippen LogP contribution in [0, 0.1) is 41.4 Å². The van der Waals surface area contributed by atoms with Gasteiger partial charge in [0, 0.05) is 32.7 Å². The molecule has 1 aliphatic carbocycles. The second kappa shape index (κ2) is 15.2. The summed E-state index contributed by atoms with van der Waals surface area (Å²) in [4.78, 5) is 7.44. The molecule has 192 valence electrons. The number of aliphatic imine (C=N–C) groups is 1. The van der Waals surface area contributed by atoms with Gasteiger partial charge < -0.3 is 15.5 Å². The first-order valence-electron chi connectivity index (χ1n) is 14.2. The Labute approximate surface area is 206 Å². The predicted octanol–water partition coefficient (Wildman–Crippen LogP) is 5.85. The van der Waals surface area contributed by atoms with Crippen molar-refractivity contribution in [2.24, 2.45) is 46.4 Å². The van der Waals surface area contributed by atoms with E-state index in [0.717, 1.165) is 74.8 Å². The van der Waals surface area contributed by atoms with E-state index in [4.69, 9.17) is 4.99 Å². The van der Waals surface area contributed by atoms with Crippen molar-refractivity contribution in [1.82, 2.24) is 15.5 Å². The molecule has 2 aliphatic rings. The molecule has 1 saturated heterocycles. The van der Waals surface area contributed by atoms with Gasteiger partial charge in [0.05, 0.1) is 12.4 Å². The monoisotopic (exact) mass is 460 g/mol. The zero-order chi connectivity index (χ0) is 24.2. The number of piperazine rings is 1. The summed E-state index contributed by atoms with van der Waals surface area (Å²) in [5, 5.41) is 7.15. The van der Waals surface area contributed by atoms with Gasteiger partial charge in [-0.3, -0.25) is 4.99 Å². The fourth-order valence-corrected chi connectivity index (χ4v) is 5.05. The average molecular weight is 461 g/mol. The van der Waals surface area contributed by atoms with Crippen LogP contribution in [-0.4, -0.2) is 56.5 Å². The Morgan fingerprint density at radius 1 is 1.00 bits per heavy atom. The van der Waals surface area contributed by atoms with Crippen molar-refractivity contribution in [3.05, 3.63) is 12.2 Å². The lowest BCUT2D eigenvalue weighted by molar-refractivity contribution is 0.343. The smallest absolute Gasteiger partial charge is 0.0854 e. The largest absolute Gasteiger partial charge is 0.360 e. The fraction of sp³-hybridized carbons (Fsp3) is 0.897. The maximum atomic E-state index is 5.06. The van der Waals surface area contributed by atoms with Gasteiger partial charge in [-0.2, -0.15) is 0 Å². The van der Waals surface area contributed by atoms with E-state index < -0.39 is 0 Å². The molecule has 2 N–H and O–H groups in total. The van der Waals surface area contributed by atoms with Crippen molar-refractivity contribution in [2.45, 2.75) is 86.6 Å². The average Bonchev–Trinajstić information content (AvgIpc) is 3.60. The summed E-state index contributed by atoms with van der Waals surface area (Å²) in [5.74, 6) is 5.53. The minimum Gasteiger partial charge on any atom is -0.360 e. The molecule has 1 saturated carbocycles. The van der Waals surface area contributed by atoms with Crippen LogP contribution in [0.2, 0.25) is 0 Å². The highest BCUT2D eigenvalue weighted by Crippen LogP contribution is 2.50. The van der Waals surface area contributed by atoms with Crippen molar-refractivity contribution in [3.63, 3.8) is 0 Å². The molecular formula is C29H56N4. The van der Waals surface area contributed by atoms with Crippen LogP contribution in [0.1, 0.15) is 80.6 Å². The maximum absolute atomic E-state index is 5.06. The van der Waals surface area contributed by atoms with Gasteiger partial charge in [-0.25, -0.2) is 0 Å². The van der Waals surface area contributed by atoms with Crippen molar-refractivity contribution in [2.75, 3.05) is 39.3 Å². The van der Waals surface area contributed by atoms with Crippen molar-refractivity contribution < 1.29 is 0 Å². The molecule has 7 atom stereocenters. The van der Waals surface area contributed by atoms with Gasteiger partial charge in [0.2, 0.25) is 0 Å². The van der Waals surface area contributed by atoms with E-state index in [1.54, 1.807) is 0 Å². The first-order chi connectivity index (χ1) is 15.8. The molecule has 2 fully saturated rings. The Balaban J connectivity index is 1.83. The summed E-state index contributed by atoms with van der Waals surface area (Å²) >= 11 is 0. The highest BCUT2D eigenvalue weighted by molar-refractivity contribution is 5.55. The Hall–Kier alpha value is -0.870. The quantitative estimate of drug-likeness (QED) is 0.172. The Kier molecular flexibility index (Phi) is 13.1. The molecule has 0 radical (unpaired) electrons. The lowest BCUT2D eigenvalue weighted by atomic mass is 9.84. The molecule has 0 spiro atoms. The van der Waals surface area contributed by atoms with E-state index in [1.807, 2.05) is 0 Å². The molecule has 3 unspecified atom stereocenters. The molecule has 4 heteroatoms. The summed E-state index contributed by atoms with van der Waals surface area (Å²) < 4.78 is 0. The van der Waals surface area contributed by atoms with Gasteiger partial charge in [0.15, 0.2) is 0 Å². The molecule has 0 bridgehead atoms. The molecular weight excluding hydrogens is 404 g/mol. The van der Waals surface area contributed by atoms with E-state index in [-0.39, 0.29) is 0 Å². The minimum atomic E-state index is 0.411. The summed E-state index contributed by atoms with van der Waals surface area (Å²) in [5.41, 5.74) is 0. The van der Waals surface area contributed by atoms with Crippen molar-refractivity contribution >= 4 is 6.34 Å². The minimum absolute atomic E-state index is 0.411.